The molecule has 4 N–H and O–H groups in total. The van der Waals surface area contributed by atoms with E-state index in [-0.39, 0.29) is 12.8 Å². The molecule has 1 unspecified atom stereocenters. The van der Waals surface area contributed by atoms with Crippen molar-refractivity contribution in [3.05, 3.63) is 82.6 Å². The Morgan fingerprint density at radius 2 is 1.74 bits per heavy atom. The molecule has 0 saturated carbocycles. The number of aryl methyl sites for hydroxylation is 1. The maximum absolute atomic E-state index is 13.2. The third kappa shape index (κ3) is 6.71. The molecule has 1 amide bonds. The van der Waals surface area contributed by atoms with Crippen LogP contribution in [0.5, 0.6) is 0 Å². The van der Waals surface area contributed by atoms with Crippen molar-refractivity contribution in [2.45, 2.75) is 44.5 Å². The topological polar surface area (TPSA) is 128 Å². The first-order chi connectivity index (χ1) is 16.2. The number of carboxylic acid groups (broad SMARTS) is 2. The summed E-state index contributed by atoms with van der Waals surface area (Å²) >= 11 is 1.51. The molecule has 1 aliphatic heterocycles. The highest BCUT2D eigenvalue weighted by atomic mass is 32.2. The molecule has 9 heteroatoms. The van der Waals surface area contributed by atoms with Crippen molar-refractivity contribution in [3.63, 3.8) is 0 Å². The van der Waals surface area contributed by atoms with Gasteiger partial charge in [0.25, 0.3) is 5.91 Å². The number of aliphatic imine (C=N–C) groups is 1. The first-order valence-electron chi connectivity index (χ1n) is 10.8. The smallest absolute Gasteiger partial charge is 0.326 e. The van der Waals surface area contributed by atoms with Gasteiger partial charge in [0.15, 0.2) is 5.17 Å². The molecule has 0 radical (unpaired) electrons. The molecule has 2 atom stereocenters. The number of rotatable bonds is 9. The summed E-state index contributed by atoms with van der Waals surface area (Å²) in [7, 11) is 0. The molecule has 0 aliphatic carbocycles. The number of amides is 1. The van der Waals surface area contributed by atoms with Crippen LogP contribution in [0.1, 0.15) is 42.5 Å². The highest BCUT2D eigenvalue weighted by Crippen LogP contribution is 2.33. The lowest BCUT2D eigenvalue weighted by molar-refractivity contribution is -0.142. The normalized spacial score (nSPS) is 16.3. The van der Waals surface area contributed by atoms with Gasteiger partial charge in [-0.15, -0.1) is 0 Å². The molecule has 2 aromatic carbocycles. The van der Waals surface area contributed by atoms with Gasteiger partial charge in [-0.05, 0) is 31.4 Å². The molecule has 0 aromatic heterocycles. The van der Waals surface area contributed by atoms with Crippen LogP contribution in [0.15, 0.2) is 70.9 Å². The van der Waals surface area contributed by atoms with Gasteiger partial charge in [0, 0.05) is 17.9 Å². The SMILES string of the molecule is CC1=C(C(=O)N[C@@H](CCC(=O)O)C(=O)O)C(c2ccc(C)cc2)N=C(SCc2ccccc2)N1. The Hall–Kier alpha value is -3.59. The highest BCUT2D eigenvalue weighted by molar-refractivity contribution is 8.13. The Labute approximate surface area is 202 Å². The first-order valence-corrected chi connectivity index (χ1v) is 11.8. The standard InChI is InChI=1S/C25H27N3O5S/c1-15-8-10-18(11-9-15)22-21(23(31)27-19(24(32)33)12-13-20(29)30)16(2)26-25(28-22)34-14-17-6-4-3-5-7-17/h3-11,19,22H,12-14H2,1-2H3,(H,26,28)(H,27,31)(H,29,30)(H,32,33)/t19-,22?/m0/s1. The third-order valence-electron chi connectivity index (χ3n) is 5.32. The summed E-state index contributed by atoms with van der Waals surface area (Å²) in [6.07, 6.45) is -0.583. The fourth-order valence-electron chi connectivity index (χ4n) is 3.49. The Morgan fingerprint density at radius 3 is 2.35 bits per heavy atom. The molecule has 1 heterocycles. The molecule has 8 nitrogen and oxygen atoms in total. The van der Waals surface area contributed by atoms with E-state index in [2.05, 4.69) is 10.6 Å². The van der Waals surface area contributed by atoms with E-state index in [9.17, 15) is 19.5 Å². The summed E-state index contributed by atoms with van der Waals surface area (Å²) < 4.78 is 0. The number of amidine groups is 1. The average molecular weight is 482 g/mol. The van der Waals surface area contributed by atoms with Crippen LogP contribution in [0.2, 0.25) is 0 Å². The fraction of sp³-hybridized carbons (Fsp3) is 0.280. The minimum atomic E-state index is -1.32. The van der Waals surface area contributed by atoms with E-state index in [0.717, 1.165) is 16.7 Å². The van der Waals surface area contributed by atoms with Gasteiger partial charge >= 0.3 is 11.9 Å². The number of aliphatic carboxylic acids is 2. The molecular weight excluding hydrogens is 454 g/mol. The second-order valence-electron chi connectivity index (χ2n) is 7.98. The Morgan fingerprint density at radius 1 is 1.06 bits per heavy atom. The molecule has 3 rings (SSSR count). The zero-order valence-corrected chi connectivity index (χ0v) is 19.8. The van der Waals surface area contributed by atoms with Crippen LogP contribution < -0.4 is 10.6 Å². The van der Waals surface area contributed by atoms with Gasteiger partial charge in [0.2, 0.25) is 0 Å². The van der Waals surface area contributed by atoms with Gasteiger partial charge in [0.1, 0.15) is 12.1 Å². The highest BCUT2D eigenvalue weighted by Gasteiger charge is 2.32. The van der Waals surface area contributed by atoms with Gasteiger partial charge in [0.05, 0.1) is 5.57 Å². The van der Waals surface area contributed by atoms with E-state index < -0.39 is 29.9 Å². The molecule has 0 saturated heterocycles. The zero-order valence-electron chi connectivity index (χ0n) is 18.9. The van der Waals surface area contributed by atoms with Crippen LogP contribution in [-0.2, 0) is 20.1 Å². The number of thioether (sulfide) groups is 1. The summed E-state index contributed by atoms with van der Waals surface area (Å²) in [6.45, 7) is 3.71. The van der Waals surface area contributed by atoms with E-state index in [1.54, 1.807) is 6.92 Å². The summed E-state index contributed by atoms with van der Waals surface area (Å²) in [5.74, 6) is -2.31. The second kappa shape index (κ2) is 11.5. The van der Waals surface area contributed by atoms with Gasteiger partial charge in [-0.1, -0.05) is 71.9 Å². The van der Waals surface area contributed by atoms with Crippen molar-refractivity contribution < 1.29 is 24.6 Å². The van der Waals surface area contributed by atoms with Crippen LogP contribution in [-0.4, -0.2) is 39.3 Å². The van der Waals surface area contributed by atoms with Crippen molar-refractivity contribution in [2.75, 3.05) is 0 Å². The average Bonchev–Trinajstić information content (AvgIpc) is 2.80. The molecule has 2 aromatic rings. The number of hydrogen-bond acceptors (Lipinski definition) is 6. The minimum absolute atomic E-state index is 0.215. The number of hydrogen-bond donors (Lipinski definition) is 4. The Bertz CT molecular complexity index is 1110. The lowest BCUT2D eigenvalue weighted by Gasteiger charge is -2.27. The van der Waals surface area contributed by atoms with Crippen LogP contribution >= 0.6 is 11.8 Å². The molecule has 0 bridgehead atoms. The lowest BCUT2D eigenvalue weighted by Crippen LogP contribution is -2.44. The van der Waals surface area contributed by atoms with Crippen LogP contribution in [0.4, 0.5) is 0 Å². The maximum atomic E-state index is 13.2. The first kappa shape index (κ1) is 25.0. The second-order valence-corrected chi connectivity index (χ2v) is 8.95. The van der Waals surface area contributed by atoms with Crippen LogP contribution in [0, 0.1) is 6.92 Å². The number of carbonyl (C=O) groups excluding carboxylic acids is 1. The molecule has 178 valence electrons. The minimum Gasteiger partial charge on any atom is -0.481 e. The Kier molecular flexibility index (Phi) is 8.48. The van der Waals surface area contributed by atoms with E-state index >= 15 is 0 Å². The van der Waals surface area contributed by atoms with Gasteiger partial charge in [-0.3, -0.25) is 9.59 Å². The van der Waals surface area contributed by atoms with E-state index in [1.165, 1.54) is 11.8 Å². The molecule has 34 heavy (non-hydrogen) atoms. The fourth-order valence-corrected chi connectivity index (χ4v) is 4.39. The van der Waals surface area contributed by atoms with Gasteiger partial charge < -0.3 is 20.8 Å². The predicted molar refractivity (Wildman–Crippen MR) is 131 cm³/mol. The molecule has 0 fully saturated rings. The number of carboxylic acids is 2. The van der Waals surface area contributed by atoms with Gasteiger partial charge in [-0.2, -0.15) is 0 Å². The summed E-state index contributed by atoms with van der Waals surface area (Å²) in [6, 6.07) is 15.7. The predicted octanol–water partition coefficient (Wildman–Crippen LogP) is 3.64. The number of benzene rings is 2. The molecular formula is C25H27N3O5S. The van der Waals surface area contributed by atoms with Crippen molar-refractivity contribution in [1.29, 1.82) is 0 Å². The van der Waals surface area contributed by atoms with Crippen LogP contribution in [0.25, 0.3) is 0 Å². The number of carbonyl (C=O) groups is 3. The number of nitrogens with one attached hydrogen (secondary N) is 2. The lowest BCUT2D eigenvalue weighted by atomic mass is 9.95. The summed E-state index contributed by atoms with van der Waals surface area (Å²) in [5.41, 5.74) is 3.86. The Balaban J connectivity index is 1.86. The van der Waals surface area contributed by atoms with Crippen molar-refractivity contribution in [2.24, 2.45) is 4.99 Å². The molecule has 1 aliphatic rings. The van der Waals surface area contributed by atoms with E-state index in [1.807, 2.05) is 61.5 Å². The van der Waals surface area contributed by atoms with Crippen LogP contribution in [0.3, 0.4) is 0 Å². The monoisotopic (exact) mass is 481 g/mol. The maximum Gasteiger partial charge on any atom is 0.326 e. The van der Waals surface area contributed by atoms with Gasteiger partial charge in [-0.25, -0.2) is 9.79 Å². The number of allylic oxidation sites excluding steroid dienone is 1. The van der Waals surface area contributed by atoms with E-state index in [4.69, 9.17) is 10.1 Å². The van der Waals surface area contributed by atoms with Crippen molar-refractivity contribution in [1.82, 2.24) is 10.6 Å². The van der Waals surface area contributed by atoms with E-state index in [0.29, 0.717) is 22.2 Å². The largest absolute Gasteiger partial charge is 0.481 e. The molecule has 0 spiro atoms. The third-order valence-corrected chi connectivity index (χ3v) is 6.28. The summed E-state index contributed by atoms with van der Waals surface area (Å²) in [5, 5.41) is 24.7. The number of nitrogens with zero attached hydrogens (tertiary/aromatic N) is 1. The van der Waals surface area contributed by atoms with Crippen molar-refractivity contribution >= 4 is 34.8 Å². The quantitative estimate of drug-likeness (QED) is 0.430. The zero-order chi connectivity index (χ0) is 24.7. The summed E-state index contributed by atoms with van der Waals surface area (Å²) in [4.78, 5) is 40.5. The van der Waals surface area contributed by atoms with Crippen molar-refractivity contribution in [3.8, 4) is 0 Å².